The van der Waals surface area contributed by atoms with Gasteiger partial charge in [-0.05, 0) is 31.5 Å². The summed E-state index contributed by atoms with van der Waals surface area (Å²) in [5.74, 6) is 0.614. The summed E-state index contributed by atoms with van der Waals surface area (Å²) in [6.45, 7) is 2.42. The number of unbranched alkanes of at least 4 members (excludes halogenated alkanes) is 1. The van der Waals surface area contributed by atoms with Crippen molar-refractivity contribution in [1.82, 2.24) is 4.90 Å². The van der Waals surface area contributed by atoms with E-state index in [9.17, 15) is 13.0 Å². The van der Waals surface area contributed by atoms with E-state index in [4.69, 9.17) is 18.0 Å². The first-order chi connectivity index (χ1) is 8.70. The molecule has 0 fully saturated rings. The molecular weight excluding hydrogens is 304 g/mol. The normalized spacial score (nSPS) is 14.9. The monoisotopic (exact) mass is 328 g/mol. The molecule has 2 atom stereocenters. The predicted octanol–water partition coefficient (Wildman–Crippen LogP) is 0.862. The summed E-state index contributed by atoms with van der Waals surface area (Å²) < 4.78 is 34.6. The number of nitrogens with zero attached hydrogens (tertiary/aromatic N) is 1. The van der Waals surface area contributed by atoms with E-state index in [0.717, 1.165) is 19.3 Å². The molecule has 8 heteroatoms. The summed E-state index contributed by atoms with van der Waals surface area (Å²) in [5.41, 5.74) is 5.64. The maximum absolute atomic E-state index is 11.8. The first-order valence-corrected chi connectivity index (χ1v) is 10.3. The maximum Gasteiger partial charge on any atom is 0.168 e. The summed E-state index contributed by atoms with van der Waals surface area (Å²) in [6.07, 6.45) is 5.62. The van der Waals surface area contributed by atoms with Crippen LogP contribution in [-0.4, -0.2) is 53.2 Å². The smallest absolute Gasteiger partial charge is 0.168 e. The zero-order chi connectivity index (χ0) is 15.1. The summed E-state index contributed by atoms with van der Waals surface area (Å²) in [4.78, 5) is 1.58. The number of hydrogen-bond acceptors (Lipinski definition) is 4. The molecule has 0 aliphatic rings. The SMILES string of the molecule is CCCC(N(CCCC[S+](C)[O-])C(N)=S)S(C)(=O)=O. The number of sulfone groups is 1. The van der Waals surface area contributed by atoms with Crippen LogP contribution in [0.4, 0.5) is 0 Å². The van der Waals surface area contributed by atoms with Gasteiger partial charge in [-0.25, -0.2) is 8.42 Å². The molecule has 114 valence electrons. The molecular formula is C11H24N2O3S3. The lowest BCUT2D eigenvalue weighted by atomic mass is 10.3. The Labute approximate surface area is 125 Å². The molecule has 0 spiro atoms. The van der Waals surface area contributed by atoms with Crippen LogP contribution in [0.5, 0.6) is 0 Å². The van der Waals surface area contributed by atoms with Gasteiger partial charge < -0.3 is 15.2 Å². The molecule has 5 nitrogen and oxygen atoms in total. The van der Waals surface area contributed by atoms with Crippen molar-refractivity contribution in [2.45, 2.75) is 38.0 Å². The molecule has 0 aromatic heterocycles. The lowest BCUT2D eigenvalue weighted by Gasteiger charge is -2.30. The zero-order valence-corrected chi connectivity index (χ0v) is 14.2. The summed E-state index contributed by atoms with van der Waals surface area (Å²) in [5, 5.41) is -0.538. The molecule has 0 saturated heterocycles. The third kappa shape index (κ3) is 7.96. The van der Waals surface area contributed by atoms with Crippen LogP contribution in [0.1, 0.15) is 32.6 Å². The van der Waals surface area contributed by atoms with Gasteiger partial charge in [0.25, 0.3) is 0 Å². The van der Waals surface area contributed by atoms with Gasteiger partial charge >= 0.3 is 0 Å². The Hall–Kier alpha value is -0.0500. The van der Waals surface area contributed by atoms with Crippen molar-refractivity contribution in [3.05, 3.63) is 0 Å². The van der Waals surface area contributed by atoms with Crippen LogP contribution >= 0.6 is 12.2 Å². The van der Waals surface area contributed by atoms with Gasteiger partial charge in [-0.2, -0.15) is 0 Å². The minimum Gasteiger partial charge on any atom is -0.617 e. The molecule has 0 aliphatic heterocycles. The van der Waals surface area contributed by atoms with Crippen molar-refractivity contribution >= 4 is 38.3 Å². The average molecular weight is 329 g/mol. The maximum atomic E-state index is 11.8. The fourth-order valence-electron chi connectivity index (χ4n) is 1.83. The van der Waals surface area contributed by atoms with Crippen molar-refractivity contribution in [3.8, 4) is 0 Å². The molecule has 0 saturated carbocycles. The number of nitrogens with two attached hydrogens (primary N) is 1. The fourth-order valence-corrected chi connectivity index (χ4v) is 4.07. The minimum atomic E-state index is -3.23. The van der Waals surface area contributed by atoms with E-state index in [1.807, 2.05) is 6.92 Å². The second kappa shape index (κ2) is 8.99. The summed E-state index contributed by atoms with van der Waals surface area (Å²) in [6, 6.07) is 0. The predicted molar refractivity (Wildman–Crippen MR) is 85.2 cm³/mol. The first kappa shape index (κ1) is 18.9. The van der Waals surface area contributed by atoms with Crippen LogP contribution in [0.25, 0.3) is 0 Å². The molecule has 0 aliphatic carbocycles. The second-order valence-electron chi connectivity index (χ2n) is 4.59. The fraction of sp³-hybridized carbons (Fsp3) is 0.909. The third-order valence-electron chi connectivity index (χ3n) is 2.74. The second-order valence-corrected chi connectivity index (χ2v) is 8.77. The molecule has 0 aromatic rings. The minimum absolute atomic E-state index is 0.112. The lowest BCUT2D eigenvalue weighted by molar-refractivity contribution is 0.356. The van der Waals surface area contributed by atoms with Gasteiger partial charge in [-0.3, -0.25) is 0 Å². The highest BCUT2D eigenvalue weighted by atomic mass is 32.2. The third-order valence-corrected chi connectivity index (χ3v) is 5.32. The van der Waals surface area contributed by atoms with Crippen molar-refractivity contribution < 1.29 is 13.0 Å². The Kier molecular flexibility index (Phi) is 8.97. The van der Waals surface area contributed by atoms with E-state index in [1.165, 1.54) is 6.26 Å². The Morgan fingerprint density at radius 2 is 2.05 bits per heavy atom. The molecule has 0 amide bonds. The Morgan fingerprint density at radius 1 is 1.47 bits per heavy atom. The molecule has 2 unspecified atom stereocenters. The van der Waals surface area contributed by atoms with E-state index in [-0.39, 0.29) is 5.11 Å². The van der Waals surface area contributed by atoms with Crippen LogP contribution < -0.4 is 5.73 Å². The molecule has 0 aromatic carbocycles. The Balaban J connectivity index is 4.64. The van der Waals surface area contributed by atoms with Crippen molar-refractivity contribution in [2.24, 2.45) is 5.73 Å². The van der Waals surface area contributed by atoms with Crippen molar-refractivity contribution in [2.75, 3.05) is 24.8 Å². The highest BCUT2D eigenvalue weighted by molar-refractivity contribution is 7.91. The van der Waals surface area contributed by atoms with E-state index in [1.54, 1.807) is 11.2 Å². The van der Waals surface area contributed by atoms with Gasteiger partial charge in [0.15, 0.2) is 14.9 Å². The van der Waals surface area contributed by atoms with E-state index in [0.29, 0.717) is 18.7 Å². The molecule has 19 heavy (non-hydrogen) atoms. The quantitative estimate of drug-likeness (QED) is 0.384. The van der Waals surface area contributed by atoms with E-state index in [2.05, 4.69) is 0 Å². The van der Waals surface area contributed by atoms with Gasteiger partial charge in [0.1, 0.15) is 11.1 Å². The number of hydrogen-bond donors (Lipinski definition) is 1. The van der Waals surface area contributed by atoms with Gasteiger partial charge in [0, 0.05) is 12.8 Å². The topological polar surface area (TPSA) is 86.5 Å². The van der Waals surface area contributed by atoms with Crippen LogP contribution in [0.15, 0.2) is 0 Å². The lowest BCUT2D eigenvalue weighted by Crippen LogP contribution is -2.47. The Bertz CT molecular complexity index is 371. The van der Waals surface area contributed by atoms with Crippen molar-refractivity contribution in [3.63, 3.8) is 0 Å². The average Bonchev–Trinajstić information content (AvgIpc) is 2.24. The van der Waals surface area contributed by atoms with Crippen LogP contribution in [0.3, 0.4) is 0 Å². The van der Waals surface area contributed by atoms with Gasteiger partial charge in [-0.15, -0.1) is 0 Å². The zero-order valence-electron chi connectivity index (χ0n) is 11.8. The van der Waals surface area contributed by atoms with Crippen LogP contribution in [-0.2, 0) is 21.0 Å². The van der Waals surface area contributed by atoms with Crippen molar-refractivity contribution in [1.29, 1.82) is 0 Å². The van der Waals surface area contributed by atoms with Gasteiger partial charge in [0.05, 0.1) is 6.26 Å². The first-order valence-electron chi connectivity index (χ1n) is 6.25. The molecule has 2 N–H and O–H groups in total. The molecule has 0 bridgehead atoms. The van der Waals surface area contributed by atoms with E-state index < -0.39 is 26.4 Å². The van der Waals surface area contributed by atoms with Gasteiger partial charge in [0.2, 0.25) is 0 Å². The molecule has 0 rings (SSSR count). The Morgan fingerprint density at radius 3 is 2.42 bits per heavy atom. The number of rotatable bonds is 9. The summed E-state index contributed by atoms with van der Waals surface area (Å²) >= 11 is 4.13. The van der Waals surface area contributed by atoms with E-state index >= 15 is 0 Å². The van der Waals surface area contributed by atoms with Gasteiger partial charge in [-0.1, -0.05) is 24.5 Å². The highest BCUT2D eigenvalue weighted by Gasteiger charge is 2.27. The standard InChI is InChI=1S/C11H24N2O3S3/c1-4-7-10(19(3,15)16)13(11(12)17)8-5-6-9-18(2)14/h10H,4-9H2,1-3H3,(H2,12,17). The highest BCUT2D eigenvalue weighted by Crippen LogP contribution is 2.14. The summed E-state index contributed by atoms with van der Waals surface area (Å²) in [7, 11) is -3.23. The van der Waals surface area contributed by atoms with Crippen LogP contribution in [0.2, 0.25) is 0 Å². The van der Waals surface area contributed by atoms with Crippen LogP contribution in [0, 0.1) is 0 Å². The molecule has 0 heterocycles. The largest absolute Gasteiger partial charge is 0.617 e. The number of thiocarbonyl (C=S) groups is 1. The molecule has 0 radical (unpaired) electrons.